The molecule has 4 rings (SSSR count). The quantitative estimate of drug-likeness (QED) is 0.652. The number of aryl methyl sites for hydroxylation is 1. The number of hydrogen-bond acceptors (Lipinski definition) is 6. The summed E-state index contributed by atoms with van der Waals surface area (Å²) in [4.78, 5) is 37.8. The van der Waals surface area contributed by atoms with E-state index in [9.17, 15) is 9.59 Å². The van der Waals surface area contributed by atoms with E-state index in [4.69, 9.17) is 5.73 Å². The van der Waals surface area contributed by atoms with Gasteiger partial charge in [-0.05, 0) is 31.2 Å². The van der Waals surface area contributed by atoms with Crippen LogP contribution in [0.25, 0.3) is 10.9 Å². The largest absolute Gasteiger partial charge is 0.383 e. The SMILES string of the molecule is Cc1cccc(C(=O)NCC(=O)N2CCN(Cc3nc(N)c4ccccc4n3)CC2)c1. The van der Waals surface area contributed by atoms with Gasteiger partial charge in [0.15, 0.2) is 0 Å². The Bertz CT molecular complexity index is 1110. The number of nitrogen functional groups attached to an aromatic ring is 1. The van der Waals surface area contributed by atoms with Crippen molar-refractivity contribution in [1.82, 2.24) is 25.1 Å². The number of anilines is 1. The van der Waals surface area contributed by atoms with Crippen LogP contribution >= 0.6 is 0 Å². The first-order valence-electron chi connectivity index (χ1n) is 10.4. The van der Waals surface area contributed by atoms with Crippen LogP contribution in [0.1, 0.15) is 21.7 Å². The van der Waals surface area contributed by atoms with E-state index in [1.54, 1.807) is 17.0 Å². The Labute approximate surface area is 181 Å². The van der Waals surface area contributed by atoms with Gasteiger partial charge in [-0.3, -0.25) is 14.5 Å². The molecular weight excluding hydrogens is 392 g/mol. The summed E-state index contributed by atoms with van der Waals surface area (Å²) >= 11 is 0. The van der Waals surface area contributed by atoms with E-state index >= 15 is 0 Å². The third-order valence-electron chi connectivity index (χ3n) is 5.45. The summed E-state index contributed by atoms with van der Waals surface area (Å²) in [5.41, 5.74) is 8.48. The number of amides is 2. The van der Waals surface area contributed by atoms with Crippen molar-refractivity contribution in [2.75, 3.05) is 38.5 Å². The van der Waals surface area contributed by atoms with E-state index in [-0.39, 0.29) is 18.4 Å². The minimum Gasteiger partial charge on any atom is -0.383 e. The van der Waals surface area contributed by atoms with Gasteiger partial charge in [0.2, 0.25) is 5.91 Å². The zero-order valence-electron chi connectivity index (χ0n) is 17.5. The lowest BCUT2D eigenvalue weighted by molar-refractivity contribution is -0.131. The van der Waals surface area contributed by atoms with Crippen molar-refractivity contribution in [3.05, 3.63) is 65.5 Å². The lowest BCUT2D eigenvalue weighted by Crippen LogP contribution is -2.51. The Morgan fingerprint density at radius 2 is 1.81 bits per heavy atom. The van der Waals surface area contributed by atoms with Crippen LogP contribution in [0.3, 0.4) is 0 Å². The Kier molecular flexibility index (Phi) is 6.08. The number of carbonyl (C=O) groups is 2. The van der Waals surface area contributed by atoms with Crippen LogP contribution in [0.5, 0.6) is 0 Å². The van der Waals surface area contributed by atoms with Crippen molar-refractivity contribution >= 4 is 28.5 Å². The second-order valence-corrected chi connectivity index (χ2v) is 7.75. The highest BCUT2D eigenvalue weighted by Crippen LogP contribution is 2.18. The number of aromatic nitrogens is 2. The Balaban J connectivity index is 1.27. The number of benzene rings is 2. The number of rotatable bonds is 5. The molecule has 1 aliphatic heterocycles. The number of para-hydroxylation sites is 1. The molecule has 2 heterocycles. The van der Waals surface area contributed by atoms with E-state index in [0.717, 1.165) is 16.5 Å². The highest BCUT2D eigenvalue weighted by atomic mass is 16.2. The number of carbonyl (C=O) groups excluding carboxylic acids is 2. The van der Waals surface area contributed by atoms with E-state index < -0.39 is 0 Å². The summed E-state index contributed by atoms with van der Waals surface area (Å²) in [5, 5.41) is 3.58. The van der Waals surface area contributed by atoms with Crippen molar-refractivity contribution in [3.63, 3.8) is 0 Å². The molecule has 160 valence electrons. The van der Waals surface area contributed by atoms with Gasteiger partial charge in [-0.1, -0.05) is 29.8 Å². The average Bonchev–Trinajstić information content (AvgIpc) is 2.78. The van der Waals surface area contributed by atoms with Crippen LogP contribution < -0.4 is 11.1 Å². The van der Waals surface area contributed by atoms with Crippen molar-refractivity contribution in [2.24, 2.45) is 0 Å². The molecule has 0 aliphatic carbocycles. The number of nitrogens with two attached hydrogens (primary N) is 1. The molecule has 2 aromatic carbocycles. The molecule has 0 radical (unpaired) electrons. The minimum atomic E-state index is -0.235. The number of nitrogens with one attached hydrogen (secondary N) is 1. The molecule has 3 aromatic rings. The third kappa shape index (κ3) is 4.97. The lowest BCUT2D eigenvalue weighted by atomic mass is 10.1. The van der Waals surface area contributed by atoms with Crippen molar-refractivity contribution in [3.8, 4) is 0 Å². The topological polar surface area (TPSA) is 104 Å². The van der Waals surface area contributed by atoms with Gasteiger partial charge < -0.3 is 16.0 Å². The lowest BCUT2D eigenvalue weighted by Gasteiger charge is -2.34. The maximum Gasteiger partial charge on any atom is 0.251 e. The molecule has 8 nitrogen and oxygen atoms in total. The van der Waals surface area contributed by atoms with Gasteiger partial charge in [0.25, 0.3) is 5.91 Å². The molecule has 0 spiro atoms. The fraction of sp³-hybridized carbons (Fsp3) is 0.304. The van der Waals surface area contributed by atoms with Crippen LogP contribution in [0.2, 0.25) is 0 Å². The minimum absolute atomic E-state index is 0.00288. The molecule has 0 unspecified atom stereocenters. The van der Waals surface area contributed by atoms with Crippen LogP contribution in [0.15, 0.2) is 48.5 Å². The summed E-state index contributed by atoms with van der Waals surface area (Å²) in [6.07, 6.45) is 0. The highest BCUT2D eigenvalue weighted by molar-refractivity contribution is 5.96. The van der Waals surface area contributed by atoms with Gasteiger partial charge in [-0.2, -0.15) is 0 Å². The van der Waals surface area contributed by atoms with Gasteiger partial charge in [-0.15, -0.1) is 0 Å². The van der Waals surface area contributed by atoms with Gasteiger partial charge >= 0.3 is 0 Å². The second kappa shape index (κ2) is 9.09. The van der Waals surface area contributed by atoms with E-state index in [1.807, 2.05) is 43.3 Å². The third-order valence-corrected chi connectivity index (χ3v) is 5.45. The number of nitrogens with zero attached hydrogens (tertiary/aromatic N) is 4. The first-order chi connectivity index (χ1) is 15.0. The van der Waals surface area contributed by atoms with Crippen LogP contribution in [0.4, 0.5) is 5.82 Å². The summed E-state index contributed by atoms with van der Waals surface area (Å²) in [7, 11) is 0. The summed E-state index contributed by atoms with van der Waals surface area (Å²) < 4.78 is 0. The smallest absolute Gasteiger partial charge is 0.251 e. The van der Waals surface area contributed by atoms with Crippen molar-refractivity contribution in [1.29, 1.82) is 0 Å². The molecule has 3 N–H and O–H groups in total. The number of hydrogen-bond donors (Lipinski definition) is 2. The summed E-state index contributed by atoms with van der Waals surface area (Å²) in [5.74, 6) is 0.855. The zero-order valence-corrected chi connectivity index (χ0v) is 17.5. The highest BCUT2D eigenvalue weighted by Gasteiger charge is 2.22. The Morgan fingerprint density at radius 1 is 1.03 bits per heavy atom. The first kappa shape index (κ1) is 20.7. The fourth-order valence-electron chi connectivity index (χ4n) is 3.73. The Hall–Kier alpha value is -3.52. The predicted octanol–water partition coefficient (Wildman–Crippen LogP) is 1.59. The molecule has 31 heavy (non-hydrogen) atoms. The van der Waals surface area contributed by atoms with Gasteiger partial charge in [0.1, 0.15) is 11.6 Å². The molecule has 1 aliphatic rings. The zero-order chi connectivity index (χ0) is 21.8. The van der Waals surface area contributed by atoms with Gasteiger partial charge in [0, 0.05) is 37.1 Å². The average molecular weight is 419 g/mol. The molecular formula is C23H26N6O2. The van der Waals surface area contributed by atoms with Gasteiger partial charge in [-0.25, -0.2) is 9.97 Å². The molecule has 0 saturated carbocycles. The summed E-state index contributed by atoms with van der Waals surface area (Å²) in [6.45, 7) is 5.14. The molecule has 2 amide bonds. The number of piperazine rings is 1. The van der Waals surface area contributed by atoms with Crippen LogP contribution in [-0.4, -0.2) is 64.3 Å². The maximum absolute atomic E-state index is 12.5. The standard InChI is InChI=1S/C23H26N6O2/c1-16-5-4-6-17(13-16)23(31)25-14-21(30)29-11-9-28(10-12-29)15-20-26-19-8-3-2-7-18(19)22(24)27-20/h2-8,13H,9-12,14-15H2,1H3,(H,25,31)(H2,24,26,27). The maximum atomic E-state index is 12.5. The monoisotopic (exact) mass is 418 g/mol. The van der Waals surface area contributed by atoms with Crippen LogP contribution in [0, 0.1) is 6.92 Å². The molecule has 1 aromatic heterocycles. The van der Waals surface area contributed by atoms with Crippen LogP contribution in [-0.2, 0) is 11.3 Å². The van der Waals surface area contributed by atoms with E-state index in [0.29, 0.717) is 49.9 Å². The van der Waals surface area contributed by atoms with Crippen molar-refractivity contribution < 1.29 is 9.59 Å². The molecule has 0 atom stereocenters. The molecule has 1 fully saturated rings. The normalized spacial score (nSPS) is 14.5. The number of fused-ring (bicyclic) bond motifs is 1. The molecule has 8 heteroatoms. The molecule has 1 saturated heterocycles. The predicted molar refractivity (Wildman–Crippen MR) is 119 cm³/mol. The Morgan fingerprint density at radius 3 is 2.58 bits per heavy atom. The van der Waals surface area contributed by atoms with E-state index in [1.165, 1.54) is 0 Å². The second-order valence-electron chi connectivity index (χ2n) is 7.75. The molecule has 0 bridgehead atoms. The van der Waals surface area contributed by atoms with Crippen molar-refractivity contribution in [2.45, 2.75) is 13.5 Å². The first-order valence-corrected chi connectivity index (χ1v) is 10.4. The summed E-state index contributed by atoms with van der Waals surface area (Å²) in [6, 6.07) is 15.0. The van der Waals surface area contributed by atoms with E-state index in [2.05, 4.69) is 20.2 Å². The fourth-order valence-corrected chi connectivity index (χ4v) is 3.73. The van der Waals surface area contributed by atoms with Gasteiger partial charge in [0.05, 0.1) is 18.6 Å².